The molecule has 8 heteroatoms. The molecular formula is C20H16FN7. The standard InChI is InChI=1S/C20H16FN7/c21-7-9-27-13-16(11-23-27)18-5-6-19-20(24-18)28(26-25-19)12-14-3-4-17-15(10-14)2-1-8-22-17/h1-6,8,10-11,13H,7,9,12H2. The normalized spacial score (nSPS) is 11.5. The predicted molar refractivity (Wildman–Crippen MR) is 103 cm³/mol. The molecule has 1 aromatic carbocycles. The van der Waals surface area contributed by atoms with Crippen molar-refractivity contribution in [3.8, 4) is 11.3 Å². The third-order valence-corrected chi connectivity index (χ3v) is 4.60. The molecule has 0 fully saturated rings. The van der Waals surface area contributed by atoms with Crippen LogP contribution in [-0.2, 0) is 13.1 Å². The van der Waals surface area contributed by atoms with E-state index in [-0.39, 0.29) is 6.54 Å². The van der Waals surface area contributed by atoms with Gasteiger partial charge in [-0.05, 0) is 35.9 Å². The van der Waals surface area contributed by atoms with E-state index in [0.717, 1.165) is 33.2 Å². The lowest BCUT2D eigenvalue weighted by Gasteiger charge is -2.05. The maximum absolute atomic E-state index is 12.5. The van der Waals surface area contributed by atoms with Crippen LogP contribution in [0.15, 0.2) is 61.1 Å². The maximum Gasteiger partial charge on any atom is 0.179 e. The molecule has 0 unspecified atom stereocenters. The summed E-state index contributed by atoms with van der Waals surface area (Å²) in [5.41, 5.74) is 5.06. The summed E-state index contributed by atoms with van der Waals surface area (Å²) in [7, 11) is 0. The van der Waals surface area contributed by atoms with Crippen LogP contribution >= 0.6 is 0 Å². The maximum atomic E-state index is 12.5. The van der Waals surface area contributed by atoms with Crippen LogP contribution in [0.1, 0.15) is 5.56 Å². The van der Waals surface area contributed by atoms with Crippen molar-refractivity contribution in [1.29, 1.82) is 0 Å². The Kier molecular flexibility index (Phi) is 4.01. The Morgan fingerprint density at radius 2 is 1.96 bits per heavy atom. The second-order valence-electron chi connectivity index (χ2n) is 6.50. The smallest absolute Gasteiger partial charge is 0.179 e. The molecule has 28 heavy (non-hydrogen) atoms. The fraction of sp³-hybridized carbons (Fsp3) is 0.150. The van der Waals surface area contributed by atoms with Crippen LogP contribution in [0.2, 0.25) is 0 Å². The van der Waals surface area contributed by atoms with E-state index in [2.05, 4.69) is 26.5 Å². The van der Waals surface area contributed by atoms with Gasteiger partial charge in [-0.25, -0.2) is 14.1 Å². The first-order valence-electron chi connectivity index (χ1n) is 8.93. The largest absolute Gasteiger partial charge is 0.269 e. The second-order valence-corrected chi connectivity index (χ2v) is 6.50. The van der Waals surface area contributed by atoms with Gasteiger partial charge in [0.1, 0.15) is 12.2 Å². The van der Waals surface area contributed by atoms with Crippen LogP contribution in [-0.4, -0.2) is 41.4 Å². The van der Waals surface area contributed by atoms with Gasteiger partial charge < -0.3 is 0 Å². The Morgan fingerprint density at radius 1 is 1.04 bits per heavy atom. The minimum absolute atomic E-state index is 0.235. The number of hydrogen-bond donors (Lipinski definition) is 0. The highest BCUT2D eigenvalue weighted by Crippen LogP contribution is 2.21. The molecule has 5 aromatic rings. The lowest BCUT2D eigenvalue weighted by atomic mass is 10.1. The zero-order valence-electron chi connectivity index (χ0n) is 14.9. The number of hydrogen-bond acceptors (Lipinski definition) is 5. The van der Waals surface area contributed by atoms with Crippen LogP contribution in [0.25, 0.3) is 33.3 Å². The molecule has 4 heterocycles. The van der Waals surface area contributed by atoms with Gasteiger partial charge in [0.2, 0.25) is 0 Å². The molecule has 0 radical (unpaired) electrons. The summed E-state index contributed by atoms with van der Waals surface area (Å²) in [6.07, 6.45) is 5.26. The van der Waals surface area contributed by atoms with Crippen LogP contribution < -0.4 is 0 Å². The van der Waals surface area contributed by atoms with Crippen molar-refractivity contribution >= 4 is 22.1 Å². The summed E-state index contributed by atoms with van der Waals surface area (Å²) in [5, 5.41) is 13.7. The van der Waals surface area contributed by atoms with E-state index in [1.807, 2.05) is 36.4 Å². The summed E-state index contributed by atoms with van der Waals surface area (Å²) in [6.45, 7) is 0.336. The number of pyridine rings is 2. The van der Waals surface area contributed by atoms with Gasteiger partial charge in [0, 0.05) is 23.3 Å². The van der Waals surface area contributed by atoms with Crippen LogP contribution in [0.4, 0.5) is 4.39 Å². The molecular weight excluding hydrogens is 357 g/mol. The Bertz CT molecular complexity index is 1270. The van der Waals surface area contributed by atoms with Gasteiger partial charge >= 0.3 is 0 Å². The van der Waals surface area contributed by atoms with E-state index < -0.39 is 6.67 Å². The molecule has 0 N–H and O–H groups in total. The average molecular weight is 373 g/mol. The molecule has 0 amide bonds. The second kappa shape index (κ2) is 6.80. The SMILES string of the molecule is FCCn1cc(-c2ccc3nnn(Cc4ccc5ncccc5c4)c3n2)cn1. The van der Waals surface area contributed by atoms with Crippen molar-refractivity contribution in [2.24, 2.45) is 0 Å². The number of nitrogens with zero attached hydrogens (tertiary/aromatic N) is 7. The monoisotopic (exact) mass is 373 g/mol. The third kappa shape index (κ3) is 2.98. The van der Waals surface area contributed by atoms with Gasteiger partial charge in [-0.2, -0.15) is 5.10 Å². The number of rotatable bonds is 5. The Morgan fingerprint density at radius 3 is 2.89 bits per heavy atom. The third-order valence-electron chi connectivity index (χ3n) is 4.60. The fourth-order valence-corrected chi connectivity index (χ4v) is 3.22. The topological polar surface area (TPSA) is 74.3 Å². The number of alkyl halides is 1. The van der Waals surface area contributed by atoms with E-state index in [4.69, 9.17) is 4.98 Å². The number of benzene rings is 1. The Labute approximate surface area is 159 Å². The number of halogens is 1. The first-order chi connectivity index (χ1) is 13.8. The summed E-state index contributed by atoms with van der Waals surface area (Å²) >= 11 is 0. The average Bonchev–Trinajstić information content (AvgIpc) is 3.35. The van der Waals surface area contributed by atoms with Crippen LogP contribution in [0.5, 0.6) is 0 Å². The molecule has 0 bridgehead atoms. The molecule has 0 aliphatic heterocycles. The molecule has 0 saturated heterocycles. The number of fused-ring (bicyclic) bond motifs is 2. The van der Waals surface area contributed by atoms with E-state index >= 15 is 0 Å². The van der Waals surface area contributed by atoms with E-state index in [9.17, 15) is 4.39 Å². The summed E-state index contributed by atoms with van der Waals surface area (Å²) in [5.74, 6) is 0. The number of aromatic nitrogens is 7. The fourth-order valence-electron chi connectivity index (χ4n) is 3.22. The van der Waals surface area contributed by atoms with Crippen molar-refractivity contribution in [2.45, 2.75) is 13.1 Å². The molecule has 4 aromatic heterocycles. The molecule has 0 aliphatic carbocycles. The van der Waals surface area contributed by atoms with Gasteiger partial charge in [0.15, 0.2) is 5.65 Å². The Balaban J connectivity index is 1.50. The van der Waals surface area contributed by atoms with Gasteiger partial charge in [0.25, 0.3) is 0 Å². The summed E-state index contributed by atoms with van der Waals surface area (Å²) < 4.78 is 15.9. The van der Waals surface area contributed by atoms with Crippen molar-refractivity contribution < 1.29 is 4.39 Å². The molecule has 0 aliphatic rings. The predicted octanol–water partition coefficient (Wildman–Crippen LogP) is 3.26. The molecule has 0 atom stereocenters. The van der Waals surface area contributed by atoms with E-state index in [1.54, 1.807) is 28.0 Å². The van der Waals surface area contributed by atoms with E-state index in [1.165, 1.54) is 0 Å². The summed E-state index contributed by atoms with van der Waals surface area (Å²) in [6, 6.07) is 13.9. The highest BCUT2D eigenvalue weighted by molar-refractivity contribution is 5.79. The van der Waals surface area contributed by atoms with Crippen molar-refractivity contribution in [3.05, 3.63) is 66.6 Å². The van der Waals surface area contributed by atoms with Crippen molar-refractivity contribution in [2.75, 3.05) is 6.67 Å². The first kappa shape index (κ1) is 16.5. The highest BCUT2D eigenvalue weighted by Gasteiger charge is 2.11. The molecule has 0 saturated carbocycles. The lowest BCUT2D eigenvalue weighted by Crippen LogP contribution is -2.03. The minimum atomic E-state index is -0.453. The Hall–Kier alpha value is -3.68. The van der Waals surface area contributed by atoms with E-state index in [0.29, 0.717) is 12.2 Å². The zero-order chi connectivity index (χ0) is 18.9. The lowest BCUT2D eigenvalue weighted by molar-refractivity contribution is 0.427. The minimum Gasteiger partial charge on any atom is -0.269 e. The van der Waals surface area contributed by atoms with Crippen molar-refractivity contribution in [1.82, 2.24) is 34.7 Å². The van der Waals surface area contributed by atoms with Crippen LogP contribution in [0, 0.1) is 0 Å². The van der Waals surface area contributed by atoms with Gasteiger partial charge in [0.05, 0.1) is 30.5 Å². The van der Waals surface area contributed by atoms with Crippen molar-refractivity contribution in [3.63, 3.8) is 0 Å². The van der Waals surface area contributed by atoms with Gasteiger partial charge in [-0.15, -0.1) is 5.10 Å². The van der Waals surface area contributed by atoms with Crippen LogP contribution in [0.3, 0.4) is 0 Å². The molecule has 5 rings (SSSR count). The number of aryl methyl sites for hydroxylation is 1. The zero-order valence-corrected chi connectivity index (χ0v) is 14.9. The quantitative estimate of drug-likeness (QED) is 0.473. The highest BCUT2D eigenvalue weighted by atomic mass is 19.1. The summed E-state index contributed by atoms with van der Waals surface area (Å²) in [4.78, 5) is 9.07. The van der Waals surface area contributed by atoms with Gasteiger partial charge in [-0.3, -0.25) is 9.67 Å². The first-order valence-corrected chi connectivity index (χ1v) is 8.93. The molecule has 138 valence electrons. The van der Waals surface area contributed by atoms with Gasteiger partial charge in [-0.1, -0.05) is 17.3 Å². The molecule has 7 nitrogen and oxygen atoms in total. The molecule has 0 spiro atoms.